The first-order chi connectivity index (χ1) is 9.66. The van der Waals surface area contributed by atoms with Gasteiger partial charge in [0.15, 0.2) is 0 Å². The fraction of sp³-hybridized carbons (Fsp3) is 0.533. The molecule has 1 aromatic heterocycles. The molecule has 2 atom stereocenters. The molecule has 0 spiro atoms. The summed E-state index contributed by atoms with van der Waals surface area (Å²) in [6.45, 7) is 1.20. The monoisotopic (exact) mass is 274 g/mol. The van der Waals surface area contributed by atoms with Crippen molar-refractivity contribution >= 4 is 11.9 Å². The van der Waals surface area contributed by atoms with E-state index in [2.05, 4.69) is 4.98 Å². The van der Waals surface area contributed by atoms with Gasteiger partial charge in [0.1, 0.15) is 0 Å². The summed E-state index contributed by atoms with van der Waals surface area (Å²) in [4.78, 5) is 29.9. The van der Waals surface area contributed by atoms with Crippen molar-refractivity contribution < 1.29 is 14.7 Å². The summed E-state index contributed by atoms with van der Waals surface area (Å²) >= 11 is 0. The summed E-state index contributed by atoms with van der Waals surface area (Å²) in [5.41, 5.74) is 2.13. The van der Waals surface area contributed by atoms with Crippen molar-refractivity contribution in [2.24, 2.45) is 11.8 Å². The Morgan fingerprint density at radius 1 is 1.30 bits per heavy atom. The van der Waals surface area contributed by atoms with E-state index in [9.17, 15) is 14.7 Å². The Hall–Kier alpha value is -1.91. The van der Waals surface area contributed by atoms with E-state index in [1.165, 1.54) is 0 Å². The van der Waals surface area contributed by atoms with Crippen molar-refractivity contribution in [3.05, 3.63) is 29.6 Å². The lowest BCUT2D eigenvalue weighted by Gasteiger charge is -2.31. The predicted molar refractivity (Wildman–Crippen MR) is 71.8 cm³/mol. The van der Waals surface area contributed by atoms with Crippen molar-refractivity contribution in [2.45, 2.75) is 32.2 Å². The largest absolute Gasteiger partial charge is 0.481 e. The van der Waals surface area contributed by atoms with Crippen LogP contribution in [0.15, 0.2) is 18.3 Å². The van der Waals surface area contributed by atoms with E-state index in [1.54, 1.807) is 11.1 Å². The number of hydrogen-bond acceptors (Lipinski definition) is 3. The SMILES string of the molecule is O=C(O)[C@H]1CCC[C@H]1C(=O)N1CCc2ncccc2C1. The quantitative estimate of drug-likeness (QED) is 0.886. The van der Waals surface area contributed by atoms with Crippen molar-refractivity contribution in [1.82, 2.24) is 9.88 Å². The average molecular weight is 274 g/mol. The summed E-state index contributed by atoms with van der Waals surface area (Å²) in [5, 5.41) is 9.21. The molecule has 3 rings (SSSR count). The molecule has 0 unspecified atom stereocenters. The van der Waals surface area contributed by atoms with E-state index in [-0.39, 0.29) is 11.8 Å². The van der Waals surface area contributed by atoms with E-state index in [4.69, 9.17) is 0 Å². The van der Waals surface area contributed by atoms with Gasteiger partial charge in [-0.3, -0.25) is 14.6 Å². The molecule has 5 nitrogen and oxygen atoms in total. The topological polar surface area (TPSA) is 70.5 Å². The molecule has 0 bridgehead atoms. The Morgan fingerprint density at radius 3 is 2.90 bits per heavy atom. The van der Waals surface area contributed by atoms with E-state index in [1.807, 2.05) is 12.1 Å². The van der Waals surface area contributed by atoms with Crippen LogP contribution in [0.2, 0.25) is 0 Å². The van der Waals surface area contributed by atoms with E-state index < -0.39 is 11.9 Å². The highest BCUT2D eigenvalue weighted by Crippen LogP contribution is 2.34. The van der Waals surface area contributed by atoms with Crippen LogP contribution in [0.25, 0.3) is 0 Å². The maximum absolute atomic E-state index is 12.6. The second-order valence-electron chi connectivity index (χ2n) is 5.60. The summed E-state index contributed by atoms with van der Waals surface area (Å²) in [7, 11) is 0. The van der Waals surface area contributed by atoms with E-state index >= 15 is 0 Å². The molecule has 0 saturated heterocycles. The number of rotatable bonds is 2. The molecule has 1 aromatic rings. The van der Waals surface area contributed by atoms with Crippen molar-refractivity contribution in [3.63, 3.8) is 0 Å². The van der Waals surface area contributed by atoms with Crippen LogP contribution in [0.3, 0.4) is 0 Å². The third kappa shape index (κ3) is 2.28. The minimum Gasteiger partial charge on any atom is -0.481 e. The molecule has 1 aliphatic carbocycles. The molecule has 0 radical (unpaired) electrons. The van der Waals surface area contributed by atoms with Crippen LogP contribution < -0.4 is 0 Å². The van der Waals surface area contributed by atoms with Crippen LogP contribution in [0.1, 0.15) is 30.5 Å². The first-order valence-electron chi connectivity index (χ1n) is 7.11. The molecule has 1 saturated carbocycles. The smallest absolute Gasteiger partial charge is 0.307 e. The zero-order valence-electron chi connectivity index (χ0n) is 11.3. The number of carbonyl (C=O) groups is 2. The number of aliphatic carboxylic acids is 1. The maximum atomic E-state index is 12.6. The number of nitrogens with zero attached hydrogens (tertiary/aromatic N) is 2. The van der Waals surface area contributed by atoms with Crippen LogP contribution in [0.4, 0.5) is 0 Å². The Kier molecular flexibility index (Phi) is 3.42. The highest BCUT2D eigenvalue weighted by Gasteiger charge is 2.40. The molecule has 5 heteroatoms. The average Bonchev–Trinajstić information content (AvgIpc) is 2.95. The number of fused-ring (bicyclic) bond motifs is 1. The number of carbonyl (C=O) groups excluding carboxylic acids is 1. The summed E-state index contributed by atoms with van der Waals surface area (Å²) in [6.07, 6.45) is 4.68. The Morgan fingerprint density at radius 2 is 2.10 bits per heavy atom. The minimum absolute atomic E-state index is 0.00408. The molecule has 1 fully saturated rings. The number of carboxylic acids is 1. The van der Waals surface area contributed by atoms with Crippen LogP contribution in [0.5, 0.6) is 0 Å². The summed E-state index contributed by atoms with van der Waals surface area (Å²) < 4.78 is 0. The van der Waals surface area contributed by atoms with Crippen LogP contribution >= 0.6 is 0 Å². The Labute approximate surface area is 117 Å². The number of pyridine rings is 1. The lowest BCUT2D eigenvalue weighted by molar-refractivity contribution is -0.149. The van der Waals surface area contributed by atoms with Gasteiger partial charge in [0.25, 0.3) is 0 Å². The molecule has 1 N–H and O–H groups in total. The van der Waals surface area contributed by atoms with Crippen LogP contribution in [0, 0.1) is 11.8 Å². The van der Waals surface area contributed by atoms with Crippen molar-refractivity contribution in [1.29, 1.82) is 0 Å². The maximum Gasteiger partial charge on any atom is 0.307 e. The zero-order valence-corrected chi connectivity index (χ0v) is 11.3. The number of carboxylic acid groups (broad SMARTS) is 1. The second kappa shape index (κ2) is 5.23. The molecule has 0 aromatic carbocycles. The lowest BCUT2D eigenvalue weighted by atomic mass is 9.93. The van der Waals surface area contributed by atoms with E-state index in [0.29, 0.717) is 25.9 Å². The van der Waals surface area contributed by atoms with Gasteiger partial charge in [-0.2, -0.15) is 0 Å². The Balaban J connectivity index is 1.74. The first kappa shape index (κ1) is 13.1. The number of amides is 1. The highest BCUT2D eigenvalue weighted by molar-refractivity contribution is 5.85. The van der Waals surface area contributed by atoms with Gasteiger partial charge in [-0.15, -0.1) is 0 Å². The molecule has 20 heavy (non-hydrogen) atoms. The normalized spacial score (nSPS) is 25.3. The number of hydrogen-bond donors (Lipinski definition) is 1. The lowest BCUT2D eigenvalue weighted by Crippen LogP contribution is -2.42. The summed E-state index contributed by atoms with van der Waals surface area (Å²) in [6, 6.07) is 3.87. The standard InChI is InChI=1S/C15H18N2O3/c18-14(11-4-1-5-12(11)15(19)20)17-8-6-13-10(9-17)3-2-7-16-13/h2-3,7,11-12H,1,4-6,8-9H2,(H,19,20)/t11-,12+/m1/s1. The fourth-order valence-corrected chi connectivity index (χ4v) is 3.34. The van der Waals surface area contributed by atoms with Crippen molar-refractivity contribution in [2.75, 3.05) is 6.54 Å². The molecular formula is C15H18N2O3. The molecule has 106 valence electrons. The summed E-state index contributed by atoms with van der Waals surface area (Å²) in [5.74, 6) is -1.67. The van der Waals surface area contributed by atoms with Gasteiger partial charge in [0.05, 0.1) is 11.8 Å². The third-order valence-corrected chi connectivity index (χ3v) is 4.43. The van der Waals surface area contributed by atoms with Gasteiger partial charge >= 0.3 is 5.97 Å². The van der Waals surface area contributed by atoms with Gasteiger partial charge in [-0.25, -0.2) is 0 Å². The molecule has 2 aliphatic rings. The highest BCUT2D eigenvalue weighted by atomic mass is 16.4. The zero-order chi connectivity index (χ0) is 14.1. The van der Waals surface area contributed by atoms with Gasteiger partial charge < -0.3 is 10.0 Å². The Bertz CT molecular complexity index is 544. The van der Waals surface area contributed by atoms with Crippen LogP contribution in [-0.2, 0) is 22.6 Å². The third-order valence-electron chi connectivity index (χ3n) is 4.43. The van der Waals surface area contributed by atoms with Gasteiger partial charge in [-0.05, 0) is 24.5 Å². The molecule has 2 heterocycles. The number of aromatic nitrogens is 1. The first-order valence-corrected chi connectivity index (χ1v) is 7.11. The minimum atomic E-state index is -0.833. The van der Waals surface area contributed by atoms with Crippen LogP contribution in [-0.4, -0.2) is 33.4 Å². The second-order valence-corrected chi connectivity index (χ2v) is 5.60. The molecule has 1 aliphatic heterocycles. The molecular weight excluding hydrogens is 256 g/mol. The van der Waals surface area contributed by atoms with Crippen molar-refractivity contribution in [3.8, 4) is 0 Å². The molecule has 1 amide bonds. The fourth-order valence-electron chi connectivity index (χ4n) is 3.34. The van der Waals surface area contributed by atoms with Gasteiger partial charge in [0.2, 0.25) is 5.91 Å². The van der Waals surface area contributed by atoms with E-state index in [0.717, 1.165) is 24.1 Å². The van der Waals surface area contributed by atoms with Gasteiger partial charge in [0, 0.05) is 31.4 Å². The predicted octanol–water partition coefficient (Wildman–Crippen LogP) is 1.47. The van der Waals surface area contributed by atoms with Gasteiger partial charge in [-0.1, -0.05) is 12.5 Å².